The van der Waals surface area contributed by atoms with Gasteiger partial charge in [-0.05, 0) is 15.9 Å². The quantitative estimate of drug-likeness (QED) is 0.630. The van der Waals surface area contributed by atoms with Crippen molar-refractivity contribution in [1.82, 2.24) is 9.55 Å². The lowest BCUT2D eigenvalue weighted by Gasteiger charge is -2.03. The van der Waals surface area contributed by atoms with Crippen molar-refractivity contribution in [1.29, 1.82) is 0 Å². The normalized spacial score (nSPS) is 10.6. The average molecular weight is 351 g/mol. The van der Waals surface area contributed by atoms with Crippen LogP contribution in [0.4, 0.5) is 5.69 Å². The van der Waals surface area contributed by atoms with Gasteiger partial charge in [-0.15, -0.1) is 11.3 Å². The molecule has 0 aliphatic rings. The van der Waals surface area contributed by atoms with Gasteiger partial charge in [-0.1, -0.05) is 11.6 Å². The van der Waals surface area contributed by atoms with Gasteiger partial charge in [-0.25, -0.2) is 4.98 Å². The highest BCUT2D eigenvalue weighted by atomic mass is 79.9. The maximum atomic E-state index is 11.8. The van der Waals surface area contributed by atoms with E-state index in [2.05, 4.69) is 20.9 Å². The van der Waals surface area contributed by atoms with Gasteiger partial charge in [0.15, 0.2) is 4.47 Å². The zero-order valence-electron chi connectivity index (χ0n) is 8.67. The second-order valence-corrected chi connectivity index (χ2v) is 5.87. The summed E-state index contributed by atoms with van der Waals surface area (Å²) in [6, 6.07) is 1.18. The second-order valence-electron chi connectivity index (χ2n) is 3.32. The zero-order chi connectivity index (χ0) is 13.3. The number of thiazole rings is 1. The maximum Gasteiger partial charge on any atom is 0.286 e. The van der Waals surface area contributed by atoms with Crippen molar-refractivity contribution in [3.05, 3.63) is 52.7 Å². The maximum absolute atomic E-state index is 11.8. The molecule has 0 fully saturated rings. The third kappa shape index (κ3) is 2.77. The van der Waals surface area contributed by atoms with Gasteiger partial charge in [0.2, 0.25) is 0 Å². The molecule has 0 saturated heterocycles. The summed E-state index contributed by atoms with van der Waals surface area (Å²) in [5.41, 5.74) is -0.498. The van der Waals surface area contributed by atoms with Crippen molar-refractivity contribution in [3.63, 3.8) is 0 Å². The van der Waals surface area contributed by atoms with Gasteiger partial charge in [0.1, 0.15) is 0 Å². The van der Waals surface area contributed by atoms with Gasteiger partial charge in [0.25, 0.3) is 11.2 Å². The van der Waals surface area contributed by atoms with Gasteiger partial charge >= 0.3 is 0 Å². The van der Waals surface area contributed by atoms with Crippen LogP contribution in [0.1, 0.15) is 4.88 Å². The minimum absolute atomic E-state index is 0.146. The average Bonchev–Trinajstić information content (AvgIpc) is 2.70. The van der Waals surface area contributed by atoms with E-state index >= 15 is 0 Å². The first-order valence-electron chi connectivity index (χ1n) is 4.62. The van der Waals surface area contributed by atoms with E-state index in [0.29, 0.717) is 4.47 Å². The van der Waals surface area contributed by atoms with E-state index in [1.54, 1.807) is 0 Å². The van der Waals surface area contributed by atoms with Gasteiger partial charge in [0, 0.05) is 17.1 Å². The Hall–Kier alpha value is -1.25. The predicted molar refractivity (Wildman–Crippen MR) is 71.3 cm³/mol. The monoisotopic (exact) mass is 349 g/mol. The second kappa shape index (κ2) is 5.17. The van der Waals surface area contributed by atoms with Crippen LogP contribution < -0.4 is 5.56 Å². The molecular weight excluding hydrogens is 346 g/mol. The summed E-state index contributed by atoms with van der Waals surface area (Å²) in [4.78, 5) is 26.5. The molecular formula is C9H5BrClN3O3S. The van der Waals surface area contributed by atoms with Crippen molar-refractivity contribution in [2.45, 2.75) is 6.54 Å². The fourth-order valence-electron chi connectivity index (χ4n) is 1.33. The summed E-state index contributed by atoms with van der Waals surface area (Å²) in [6.07, 6.45) is 2.73. The lowest BCUT2D eigenvalue weighted by Crippen LogP contribution is -2.20. The SMILES string of the molecule is O=c1c(Br)cc([N+](=O)[O-])cn1Cc1cnc(Cl)s1. The molecule has 0 atom stereocenters. The largest absolute Gasteiger partial charge is 0.302 e. The van der Waals surface area contributed by atoms with Gasteiger partial charge in [-0.2, -0.15) is 0 Å². The Bertz CT molecular complexity index is 669. The van der Waals surface area contributed by atoms with Crippen LogP contribution in [-0.4, -0.2) is 14.5 Å². The highest BCUT2D eigenvalue weighted by molar-refractivity contribution is 9.10. The minimum atomic E-state index is -0.555. The molecule has 0 saturated carbocycles. The number of pyridine rings is 1. The van der Waals surface area contributed by atoms with E-state index in [1.807, 2.05) is 0 Å². The van der Waals surface area contributed by atoms with Crippen LogP contribution in [0.3, 0.4) is 0 Å². The van der Waals surface area contributed by atoms with Crippen LogP contribution in [0.2, 0.25) is 4.47 Å². The Morgan fingerprint density at radius 3 is 2.89 bits per heavy atom. The number of aromatic nitrogens is 2. The molecule has 0 aromatic carbocycles. The molecule has 0 radical (unpaired) electrons. The summed E-state index contributed by atoms with van der Waals surface area (Å²) in [7, 11) is 0. The summed E-state index contributed by atoms with van der Waals surface area (Å²) in [5, 5.41) is 10.7. The van der Waals surface area contributed by atoms with Crippen LogP contribution in [0.5, 0.6) is 0 Å². The Kier molecular flexibility index (Phi) is 3.79. The summed E-state index contributed by atoms with van der Waals surface area (Å²) < 4.78 is 1.75. The smallest absolute Gasteiger partial charge is 0.286 e. The first-order valence-corrected chi connectivity index (χ1v) is 6.60. The third-order valence-corrected chi connectivity index (χ3v) is 3.76. The molecule has 6 nitrogen and oxygen atoms in total. The molecule has 2 aromatic rings. The Morgan fingerprint density at radius 2 is 2.33 bits per heavy atom. The lowest BCUT2D eigenvalue weighted by molar-refractivity contribution is -0.385. The van der Waals surface area contributed by atoms with Crippen LogP contribution in [0.25, 0.3) is 0 Å². The van der Waals surface area contributed by atoms with Crippen LogP contribution in [-0.2, 0) is 6.54 Å². The van der Waals surface area contributed by atoms with Crippen LogP contribution in [0, 0.1) is 10.1 Å². The number of nitro groups is 1. The predicted octanol–water partition coefficient (Wildman–Crippen LogP) is 2.68. The number of halogens is 2. The van der Waals surface area contributed by atoms with Gasteiger partial charge in [0.05, 0.1) is 22.1 Å². The molecule has 0 N–H and O–H groups in total. The highest BCUT2D eigenvalue weighted by Gasteiger charge is 2.13. The van der Waals surface area contributed by atoms with Crippen LogP contribution in [0.15, 0.2) is 27.7 Å². The Morgan fingerprint density at radius 1 is 1.61 bits per heavy atom. The minimum Gasteiger partial charge on any atom is -0.302 e. The van der Waals surface area contributed by atoms with E-state index < -0.39 is 4.92 Å². The van der Waals surface area contributed by atoms with E-state index in [0.717, 1.165) is 4.88 Å². The van der Waals surface area contributed by atoms with Gasteiger partial charge < -0.3 is 4.57 Å². The molecule has 0 bridgehead atoms. The topological polar surface area (TPSA) is 78.0 Å². The molecule has 0 amide bonds. The number of rotatable bonds is 3. The summed E-state index contributed by atoms with van der Waals surface area (Å²) in [6.45, 7) is 0.198. The molecule has 9 heteroatoms. The first-order chi connectivity index (χ1) is 8.47. The third-order valence-electron chi connectivity index (χ3n) is 2.09. The molecule has 94 valence electrons. The molecule has 0 aliphatic carbocycles. The van der Waals surface area contributed by atoms with E-state index in [9.17, 15) is 14.9 Å². The fraction of sp³-hybridized carbons (Fsp3) is 0.111. The zero-order valence-corrected chi connectivity index (χ0v) is 11.8. The lowest BCUT2D eigenvalue weighted by atomic mass is 10.4. The highest BCUT2D eigenvalue weighted by Crippen LogP contribution is 2.20. The fourth-order valence-corrected chi connectivity index (χ4v) is 2.77. The molecule has 2 heterocycles. The van der Waals surface area contributed by atoms with Gasteiger partial charge in [-0.3, -0.25) is 14.9 Å². The number of hydrogen-bond donors (Lipinski definition) is 0. The summed E-state index contributed by atoms with van der Waals surface area (Å²) >= 11 is 9.91. The Balaban J connectivity index is 2.43. The van der Waals surface area contributed by atoms with Crippen molar-refractivity contribution in [3.8, 4) is 0 Å². The molecule has 0 aliphatic heterocycles. The van der Waals surface area contributed by atoms with Crippen LogP contribution >= 0.6 is 38.9 Å². The Labute approximate surface area is 118 Å². The number of hydrogen-bond acceptors (Lipinski definition) is 5. The van der Waals surface area contributed by atoms with E-state index in [1.165, 1.54) is 34.4 Å². The van der Waals surface area contributed by atoms with Crippen molar-refractivity contribution >= 4 is 44.6 Å². The molecule has 0 spiro atoms. The molecule has 0 unspecified atom stereocenters. The van der Waals surface area contributed by atoms with Crippen molar-refractivity contribution in [2.75, 3.05) is 0 Å². The van der Waals surface area contributed by atoms with Crippen molar-refractivity contribution in [2.24, 2.45) is 0 Å². The van der Waals surface area contributed by atoms with E-state index in [-0.39, 0.29) is 22.3 Å². The number of nitrogens with zero attached hydrogens (tertiary/aromatic N) is 3. The molecule has 18 heavy (non-hydrogen) atoms. The van der Waals surface area contributed by atoms with Crippen molar-refractivity contribution < 1.29 is 4.92 Å². The van der Waals surface area contributed by atoms with E-state index in [4.69, 9.17) is 11.6 Å². The molecule has 2 rings (SSSR count). The summed E-state index contributed by atoms with van der Waals surface area (Å²) in [5.74, 6) is 0. The standard InChI is InChI=1S/C9H5BrClN3O3S/c10-7-1-5(14(16)17)3-13(8(7)15)4-6-2-12-9(11)18-6/h1-3H,4H2. The first kappa shape index (κ1) is 13.2. The molecule has 2 aromatic heterocycles.